The van der Waals surface area contributed by atoms with Crippen molar-refractivity contribution < 1.29 is 94.9 Å². The van der Waals surface area contributed by atoms with E-state index in [4.69, 9.17) is 40.9 Å². The first-order chi connectivity index (χ1) is 21.5. The van der Waals surface area contributed by atoms with Gasteiger partial charge in [-0.05, 0) is 0 Å². The molecule has 0 radical (unpaired) electrons. The number of aliphatic hydroxyl groups is 13. The lowest BCUT2D eigenvalue weighted by molar-refractivity contribution is -0.496. The maximum Gasteiger partial charge on any atom is 0.253 e. The normalized spacial score (nSPS) is 48.0. The zero-order valence-corrected chi connectivity index (χ0v) is 24.2. The number of hydrogen-bond donors (Lipinski definition) is 16. The predicted octanol–water partition coefficient (Wildman–Crippen LogP) is -11.3. The van der Waals surface area contributed by atoms with Crippen LogP contribution in [0.3, 0.4) is 0 Å². The first-order valence-corrected chi connectivity index (χ1v) is 14.2. The molecule has 0 aromatic heterocycles. The van der Waals surface area contributed by atoms with Gasteiger partial charge in [-0.1, -0.05) is 0 Å². The number of carbonyl (C=O) groups is 1. The van der Waals surface area contributed by atoms with Crippen LogP contribution in [0, 0.1) is 0 Å². The molecule has 3 fully saturated rings. The number of aldehydes is 1. The van der Waals surface area contributed by atoms with Gasteiger partial charge in [-0.25, -0.2) is 0 Å². The number of hydrogen-bond acceptors (Lipinski definition) is 22. The van der Waals surface area contributed by atoms with Crippen molar-refractivity contribution in [1.82, 2.24) is 0 Å². The smallest absolute Gasteiger partial charge is 0.253 e. The van der Waals surface area contributed by atoms with E-state index < -0.39 is 142 Å². The van der Waals surface area contributed by atoms with E-state index in [0.717, 1.165) is 0 Å². The van der Waals surface area contributed by atoms with Crippen LogP contribution < -0.4 is 17.2 Å². The third-order valence-corrected chi connectivity index (χ3v) is 8.47. The molecule has 0 bridgehead atoms. The molecule has 0 saturated carbocycles. The minimum Gasteiger partial charge on any atom is -0.394 e. The van der Waals surface area contributed by atoms with Crippen molar-refractivity contribution in [2.24, 2.45) is 17.2 Å². The maximum atomic E-state index is 11.9. The number of ether oxygens (including phenoxy) is 5. The van der Waals surface area contributed by atoms with Crippen molar-refractivity contribution in [3.05, 3.63) is 0 Å². The summed E-state index contributed by atoms with van der Waals surface area (Å²) in [4.78, 5) is 11.4. The summed E-state index contributed by atoms with van der Waals surface area (Å²) in [5.74, 6) is -6.99. The summed E-state index contributed by atoms with van der Waals surface area (Å²) in [7, 11) is 0. The van der Waals surface area contributed by atoms with Gasteiger partial charge < -0.3 is 112 Å². The molecule has 3 rings (SSSR count). The SMILES string of the molecule is NC(C=O)C(O)C(O[C@]1([C@@]2(O)O[C@H](CO)[C@H](O)[C@H](O)[C@H]2O)O[C@H](CO)[C@@H](OC2O[C@H](CO)C(O)C(O)C2N)[C@H](O)[C@H]1N)C(O)CO. The van der Waals surface area contributed by atoms with Crippen molar-refractivity contribution in [3.8, 4) is 0 Å². The Morgan fingerprint density at radius 1 is 0.804 bits per heavy atom. The van der Waals surface area contributed by atoms with Gasteiger partial charge in [-0.2, -0.15) is 0 Å². The summed E-state index contributed by atoms with van der Waals surface area (Å²) >= 11 is 0. The molecule has 22 heteroatoms. The Kier molecular flexibility index (Phi) is 13.3. The third kappa shape index (κ3) is 6.82. The van der Waals surface area contributed by atoms with E-state index >= 15 is 0 Å². The van der Waals surface area contributed by atoms with Gasteiger partial charge in [0.15, 0.2) is 6.29 Å². The Morgan fingerprint density at radius 2 is 1.37 bits per heavy atom. The van der Waals surface area contributed by atoms with E-state index in [0.29, 0.717) is 0 Å². The summed E-state index contributed by atoms with van der Waals surface area (Å²) in [6, 6.07) is -5.73. The molecule has 46 heavy (non-hydrogen) atoms. The van der Waals surface area contributed by atoms with Gasteiger partial charge in [0.2, 0.25) is 5.79 Å². The lowest BCUT2D eigenvalue weighted by atomic mass is 9.79. The highest BCUT2D eigenvalue weighted by molar-refractivity contribution is 5.58. The fourth-order valence-corrected chi connectivity index (χ4v) is 5.65. The Bertz CT molecular complexity index is 985. The van der Waals surface area contributed by atoms with Crippen LogP contribution in [0.15, 0.2) is 0 Å². The number of aliphatic hydroxyl groups excluding tert-OH is 12. The second kappa shape index (κ2) is 15.6. The van der Waals surface area contributed by atoms with Gasteiger partial charge in [0.1, 0.15) is 85.6 Å². The molecule has 0 amide bonds. The van der Waals surface area contributed by atoms with Gasteiger partial charge in [0.05, 0.1) is 44.6 Å². The average molecular weight is 680 g/mol. The van der Waals surface area contributed by atoms with Crippen LogP contribution in [-0.2, 0) is 28.5 Å². The minimum atomic E-state index is -3.60. The zero-order chi connectivity index (χ0) is 34.9. The highest BCUT2D eigenvalue weighted by atomic mass is 16.8. The summed E-state index contributed by atoms with van der Waals surface area (Å²) in [5, 5.41) is 136. The average Bonchev–Trinajstić information content (AvgIpc) is 3.06. The zero-order valence-electron chi connectivity index (χ0n) is 24.2. The molecule has 0 spiro atoms. The van der Waals surface area contributed by atoms with E-state index in [9.17, 15) is 71.2 Å². The summed E-state index contributed by atoms with van der Waals surface area (Å²) in [6.07, 6.45) is -28.5. The fourth-order valence-electron chi connectivity index (χ4n) is 5.65. The third-order valence-electron chi connectivity index (χ3n) is 8.47. The molecular weight excluding hydrogens is 634 g/mol. The molecule has 22 nitrogen and oxygen atoms in total. The lowest BCUT2D eigenvalue weighted by Gasteiger charge is -2.60. The quantitative estimate of drug-likeness (QED) is 0.0803. The molecule has 8 unspecified atom stereocenters. The van der Waals surface area contributed by atoms with E-state index in [2.05, 4.69) is 0 Å². The second-order valence-corrected chi connectivity index (χ2v) is 11.4. The Labute approximate surface area is 260 Å². The van der Waals surface area contributed by atoms with Crippen LogP contribution in [0.4, 0.5) is 0 Å². The molecule has 3 aliphatic rings. The number of carbonyl (C=O) groups excluding carboxylic acids is 1. The first-order valence-electron chi connectivity index (χ1n) is 14.2. The molecule has 19 atom stereocenters. The highest BCUT2D eigenvalue weighted by Gasteiger charge is 2.73. The molecule has 3 heterocycles. The van der Waals surface area contributed by atoms with E-state index in [1.807, 2.05) is 0 Å². The fraction of sp³-hybridized carbons (Fsp3) is 0.958. The Morgan fingerprint density at radius 3 is 1.89 bits per heavy atom. The molecule has 270 valence electrons. The van der Waals surface area contributed by atoms with Gasteiger partial charge in [-0.3, -0.25) is 0 Å². The predicted molar refractivity (Wildman–Crippen MR) is 142 cm³/mol. The van der Waals surface area contributed by atoms with E-state index in [1.54, 1.807) is 0 Å². The van der Waals surface area contributed by atoms with Crippen LogP contribution in [0.25, 0.3) is 0 Å². The highest BCUT2D eigenvalue weighted by Crippen LogP contribution is 2.47. The van der Waals surface area contributed by atoms with Gasteiger partial charge >= 0.3 is 0 Å². The van der Waals surface area contributed by atoms with Crippen molar-refractivity contribution in [1.29, 1.82) is 0 Å². The van der Waals surface area contributed by atoms with Crippen LogP contribution in [0.2, 0.25) is 0 Å². The Hall–Kier alpha value is -1.17. The summed E-state index contributed by atoms with van der Waals surface area (Å²) in [6.45, 7) is -4.35. The molecule has 0 aromatic carbocycles. The Balaban J connectivity index is 2.15. The van der Waals surface area contributed by atoms with Gasteiger partial charge in [0.25, 0.3) is 5.79 Å². The van der Waals surface area contributed by atoms with E-state index in [1.165, 1.54) is 0 Å². The van der Waals surface area contributed by atoms with Crippen LogP contribution >= 0.6 is 0 Å². The van der Waals surface area contributed by atoms with Crippen molar-refractivity contribution >= 4 is 6.29 Å². The largest absolute Gasteiger partial charge is 0.394 e. The lowest BCUT2D eigenvalue weighted by Crippen LogP contribution is -2.84. The minimum absolute atomic E-state index is 0.00961. The van der Waals surface area contributed by atoms with Crippen molar-refractivity contribution in [2.75, 3.05) is 26.4 Å². The molecular formula is C24H45N3O19. The van der Waals surface area contributed by atoms with Crippen molar-refractivity contribution in [3.63, 3.8) is 0 Å². The summed E-state index contributed by atoms with van der Waals surface area (Å²) < 4.78 is 27.9. The molecule has 3 saturated heterocycles. The number of rotatable bonds is 13. The molecule has 19 N–H and O–H groups in total. The van der Waals surface area contributed by atoms with Crippen LogP contribution in [-0.4, -0.2) is 214 Å². The molecule has 3 aliphatic heterocycles. The summed E-state index contributed by atoms with van der Waals surface area (Å²) in [5.41, 5.74) is 17.8. The van der Waals surface area contributed by atoms with Crippen molar-refractivity contribution in [2.45, 2.75) is 115 Å². The van der Waals surface area contributed by atoms with E-state index in [-0.39, 0.29) is 6.29 Å². The van der Waals surface area contributed by atoms with Crippen LogP contribution in [0.1, 0.15) is 0 Å². The monoisotopic (exact) mass is 679 g/mol. The maximum absolute atomic E-state index is 11.9. The van der Waals surface area contributed by atoms with Gasteiger partial charge in [0, 0.05) is 0 Å². The second-order valence-electron chi connectivity index (χ2n) is 11.4. The number of nitrogens with two attached hydrogens (primary N) is 3. The van der Waals surface area contributed by atoms with Crippen LogP contribution in [0.5, 0.6) is 0 Å². The molecule has 0 aromatic rings. The molecule has 0 aliphatic carbocycles. The van der Waals surface area contributed by atoms with Gasteiger partial charge in [-0.15, -0.1) is 0 Å². The first kappa shape index (κ1) is 39.3. The topological polar surface area (TPSA) is 404 Å². The standard InChI is InChI=1S/C24H45N3O19/c25-6(1-28)12(34)18(7(33)2-29)46-24(23(41)21(40)16(38)14(36)9(4-31)44-23)20(27)17(39)19(10(5-32)45-24)43-22-11(26)15(37)13(35)8(3-30)42-22/h1,6-22,29-41H,2-5,25-27H2/t6?,7?,8-,9-,10-,11?,12?,13?,14+,15?,16+,17+,18?,19-,20-,21-,22?,23+,24-/m1/s1.